The van der Waals surface area contributed by atoms with E-state index in [-0.39, 0.29) is 24.1 Å². The Morgan fingerprint density at radius 2 is 2.14 bits per heavy atom. The SMILES string of the molecule is COc1ccc2nc(-n3nc(C)c4c3NC(=O)C[C@H]4c3cccc(F)c3)sc2c1. The Hall–Kier alpha value is -3.26. The van der Waals surface area contributed by atoms with Crippen molar-refractivity contribution in [3.8, 4) is 10.9 Å². The number of hydrogen-bond acceptors (Lipinski definition) is 5. The lowest BCUT2D eigenvalue weighted by atomic mass is 9.86. The van der Waals surface area contributed by atoms with E-state index in [0.29, 0.717) is 10.9 Å². The maximum absolute atomic E-state index is 13.8. The highest BCUT2D eigenvalue weighted by Crippen LogP contribution is 2.41. The molecule has 1 N–H and O–H groups in total. The van der Waals surface area contributed by atoms with Gasteiger partial charge in [-0.1, -0.05) is 23.5 Å². The van der Waals surface area contributed by atoms with Crippen molar-refractivity contribution >= 4 is 33.3 Å². The van der Waals surface area contributed by atoms with E-state index < -0.39 is 0 Å². The normalized spacial score (nSPS) is 16.0. The fraction of sp³-hybridized carbons (Fsp3) is 0.190. The molecule has 1 atom stereocenters. The number of benzene rings is 2. The molecule has 29 heavy (non-hydrogen) atoms. The molecule has 146 valence electrons. The van der Waals surface area contributed by atoms with E-state index in [4.69, 9.17) is 4.74 Å². The number of hydrogen-bond donors (Lipinski definition) is 1. The molecule has 0 saturated carbocycles. The molecule has 0 radical (unpaired) electrons. The first-order valence-electron chi connectivity index (χ1n) is 9.13. The molecule has 2 aromatic carbocycles. The maximum atomic E-state index is 13.8. The number of nitrogens with one attached hydrogen (secondary N) is 1. The van der Waals surface area contributed by atoms with Gasteiger partial charge in [-0.3, -0.25) is 4.79 Å². The van der Waals surface area contributed by atoms with Crippen LogP contribution in [0.5, 0.6) is 5.75 Å². The number of fused-ring (bicyclic) bond motifs is 2. The third-order valence-electron chi connectivity index (χ3n) is 5.12. The fourth-order valence-corrected chi connectivity index (χ4v) is 4.76. The highest BCUT2D eigenvalue weighted by molar-refractivity contribution is 7.20. The summed E-state index contributed by atoms with van der Waals surface area (Å²) < 4.78 is 21.7. The van der Waals surface area contributed by atoms with Gasteiger partial charge in [0.1, 0.15) is 17.4 Å². The predicted octanol–water partition coefficient (Wildman–Crippen LogP) is 4.41. The second kappa shape index (κ2) is 6.66. The Labute approximate surface area is 170 Å². The van der Waals surface area contributed by atoms with Gasteiger partial charge in [0.15, 0.2) is 0 Å². The van der Waals surface area contributed by atoms with Crippen molar-refractivity contribution in [2.75, 3.05) is 12.4 Å². The molecule has 0 bridgehead atoms. The highest BCUT2D eigenvalue weighted by Gasteiger charge is 2.33. The van der Waals surface area contributed by atoms with Crippen LogP contribution in [0.2, 0.25) is 0 Å². The summed E-state index contributed by atoms with van der Waals surface area (Å²) >= 11 is 1.46. The van der Waals surface area contributed by atoms with Gasteiger partial charge in [0.2, 0.25) is 11.0 Å². The third-order valence-corrected chi connectivity index (χ3v) is 6.11. The average Bonchev–Trinajstić information content (AvgIpc) is 3.27. The van der Waals surface area contributed by atoms with E-state index in [1.165, 1.54) is 23.5 Å². The van der Waals surface area contributed by atoms with Crippen molar-refractivity contribution < 1.29 is 13.9 Å². The Balaban J connectivity index is 1.66. The monoisotopic (exact) mass is 408 g/mol. The topological polar surface area (TPSA) is 69.0 Å². The summed E-state index contributed by atoms with van der Waals surface area (Å²) in [5.41, 5.74) is 3.27. The van der Waals surface area contributed by atoms with Crippen LogP contribution in [0, 0.1) is 12.7 Å². The van der Waals surface area contributed by atoms with Gasteiger partial charge in [0, 0.05) is 17.9 Å². The van der Waals surface area contributed by atoms with E-state index in [2.05, 4.69) is 15.4 Å². The van der Waals surface area contributed by atoms with Gasteiger partial charge in [-0.25, -0.2) is 9.37 Å². The highest BCUT2D eigenvalue weighted by atomic mass is 32.1. The van der Waals surface area contributed by atoms with Gasteiger partial charge in [-0.2, -0.15) is 9.78 Å². The van der Waals surface area contributed by atoms with Crippen LogP contribution in [0.1, 0.15) is 29.2 Å². The first-order valence-corrected chi connectivity index (χ1v) is 9.95. The van der Waals surface area contributed by atoms with Crippen LogP contribution in [-0.2, 0) is 4.79 Å². The van der Waals surface area contributed by atoms with Gasteiger partial charge >= 0.3 is 0 Å². The van der Waals surface area contributed by atoms with Crippen LogP contribution in [-0.4, -0.2) is 27.8 Å². The molecule has 5 rings (SSSR count). The standard InChI is InChI=1S/C21H17FN4O2S/c1-11-19-15(12-4-3-5-13(22)8-12)10-18(27)24-20(19)26(25-11)21-23-16-7-6-14(28-2)9-17(16)29-21/h3-9,15H,10H2,1-2H3,(H,24,27)/t15-/m0/s1. The molecule has 0 spiro atoms. The molecule has 0 unspecified atom stereocenters. The molecule has 0 aliphatic carbocycles. The van der Waals surface area contributed by atoms with E-state index in [0.717, 1.165) is 32.8 Å². The summed E-state index contributed by atoms with van der Waals surface area (Å²) in [4.78, 5) is 17.1. The number of carbonyl (C=O) groups is 1. The van der Waals surface area contributed by atoms with Gasteiger partial charge in [0.05, 0.1) is 23.0 Å². The largest absolute Gasteiger partial charge is 0.497 e. The average molecular weight is 408 g/mol. The van der Waals surface area contributed by atoms with Crippen molar-refractivity contribution in [1.29, 1.82) is 0 Å². The summed E-state index contributed by atoms with van der Waals surface area (Å²) in [6.07, 6.45) is 0.250. The van der Waals surface area contributed by atoms with Crippen LogP contribution < -0.4 is 10.1 Å². The first-order chi connectivity index (χ1) is 14.0. The van der Waals surface area contributed by atoms with E-state index in [9.17, 15) is 9.18 Å². The van der Waals surface area contributed by atoms with Crippen LogP contribution in [0.4, 0.5) is 10.2 Å². The van der Waals surface area contributed by atoms with E-state index in [1.54, 1.807) is 17.9 Å². The fourth-order valence-electron chi connectivity index (χ4n) is 3.80. The lowest BCUT2D eigenvalue weighted by Gasteiger charge is -2.24. The number of rotatable bonds is 3. The van der Waals surface area contributed by atoms with Crippen molar-refractivity contribution in [2.45, 2.75) is 19.3 Å². The van der Waals surface area contributed by atoms with Crippen molar-refractivity contribution in [2.24, 2.45) is 0 Å². The molecule has 2 aromatic heterocycles. The third kappa shape index (κ3) is 2.96. The zero-order valence-electron chi connectivity index (χ0n) is 15.8. The van der Waals surface area contributed by atoms with Crippen molar-refractivity contribution in [3.63, 3.8) is 0 Å². The zero-order chi connectivity index (χ0) is 20.1. The molecule has 8 heteroatoms. The van der Waals surface area contributed by atoms with Gasteiger partial charge in [0.25, 0.3) is 0 Å². The minimum absolute atomic E-state index is 0.129. The number of methoxy groups -OCH3 is 1. The zero-order valence-corrected chi connectivity index (χ0v) is 16.6. The second-order valence-corrected chi connectivity index (χ2v) is 7.96. The number of carbonyl (C=O) groups excluding carboxylic acids is 1. The summed E-state index contributed by atoms with van der Waals surface area (Å²) in [7, 11) is 1.62. The lowest BCUT2D eigenvalue weighted by molar-refractivity contribution is -0.116. The molecule has 0 saturated heterocycles. The molecular weight excluding hydrogens is 391 g/mol. The van der Waals surface area contributed by atoms with Crippen molar-refractivity contribution in [3.05, 3.63) is 65.1 Å². The molecule has 1 amide bonds. The van der Waals surface area contributed by atoms with Gasteiger partial charge in [-0.05, 0) is 42.8 Å². The Kier molecular flexibility index (Phi) is 4.09. The van der Waals surface area contributed by atoms with Gasteiger partial charge < -0.3 is 10.1 Å². The maximum Gasteiger partial charge on any atom is 0.226 e. The summed E-state index contributed by atoms with van der Waals surface area (Å²) in [6, 6.07) is 12.1. The summed E-state index contributed by atoms with van der Waals surface area (Å²) in [5, 5.41) is 8.25. The predicted molar refractivity (Wildman–Crippen MR) is 110 cm³/mol. The minimum atomic E-state index is -0.319. The summed E-state index contributed by atoms with van der Waals surface area (Å²) in [5.74, 6) is 0.651. The number of amides is 1. The van der Waals surface area contributed by atoms with E-state index >= 15 is 0 Å². The molecule has 4 aromatic rings. The van der Waals surface area contributed by atoms with E-state index in [1.807, 2.05) is 31.2 Å². The quantitative estimate of drug-likeness (QED) is 0.545. The number of nitrogens with zero attached hydrogens (tertiary/aromatic N) is 3. The smallest absolute Gasteiger partial charge is 0.226 e. The number of thiazole rings is 1. The number of halogens is 1. The number of aromatic nitrogens is 3. The lowest BCUT2D eigenvalue weighted by Crippen LogP contribution is -2.25. The van der Waals surface area contributed by atoms with Crippen LogP contribution in [0.25, 0.3) is 15.3 Å². The Bertz CT molecular complexity index is 1260. The van der Waals surface area contributed by atoms with Crippen LogP contribution >= 0.6 is 11.3 Å². The Morgan fingerprint density at radius 1 is 1.28 bits per heavy atom. The number of aryl methyl sites for hydroxylation is 1. The number of ether oxygens (including phenoxy) is 1. The molecular formula is C21H17FN4O2S. The minimum Gasteiger partial charge on any atom is -0.497 e. The Morgan fingerprint density at radius 3 is 2.93 bits per heavy atom. The first kappa shape index (κ1) is 17.8. The second-order valence-electron chi connectivity index (χ2n) is 6.95. The number of anilines is 1. The van der Waals surface area contributed by atoms with Crippen molar-refractivity contribution in [1.82, 2.24) is 14.8 Å². The molecule has 0 fully saturated rings. The molecule has 6 nitrogen and oxygen atoms in total. The van der Waals surface area contributed by atoms with Gasteiger partial charge in [-0.15, -0.1) is 0 Å². The summed E-state index contributed by atoms with van der Waals surface area (Å²) in [6.45, 7) is 1.90. The van der Waals surface area contributed by atoms with Crippen LogP contribution in [0.15, 0.2) is 42.5 Å². The molecule has 1 aliphatic rings. The molecule has 1 aliphatic heterocycles. The molecule has 3 heterocycles. The van der Waals surface area contributed by atoms with Crippen LogP contribution in [0.3, 0.4) is 0 Å².